The van der Waals surface area contributed by atoms with Crippen LogP contribution in [0.1, 0.15) is 63.3 Å². The molecule has 1 aliphatic heterocycles. The van der Waals surface area contributed by atoms with E-state index in [1.807, 2.05) is 80.6 Å². The number of carboxylic acid groups (broad SMARTS) is 1. The molecule has 6 nitrogen and oxygen atoms in total. The van der Waals surface area contributed by atoms with Crippen molar-refractivity contribution in [2.75, 3.05) is 13.1 Å². The maximum Gasteiger partial charge on any atom is 0.341 e. The molecule has 0 bridgehead atoms. The summed E-state index contributed by atoms with van der Waals surface area (Å²) in [5.74, 6) is -1.72. The van der Waals surface area contributed by atoms with Crippen LogP contribution in [-0.4, -0.2) is 39.5 Å². The van der Waals surface area contributed by atoms with Crippen LogP contribution in [0.15, 0.2) is 83.3 Å². The van der Waals surface area contributed by atoms with Crippen molar-refractivity contribution in [1.82, 2.24) is 9.47 Å². The highest BCUT2D eigenvalue weighted by atomic mass is 16.4. The SMILES string of the molecule is CC(C)=CCN1CC(C(c2ccccc2)c2ccccc2)n2cc(C(=O)O)c(=O)c(C)c2C1=O. The van der Waals surface area contributed by atoms with E-state index in [1.165, 1.54) is 6.20 Å². The van der Waals surface area contributed by atoms with Gasteiger partial charge in [-0.2, -0.15) is 0 Å². The number of carbonyl (C=O) groups excluding carboxylic acids is 1. The zero-order chi connectivity index (χ0) is 24.4. The average Bonchev–Trinajstić information content (AvgIpc) is 2.82. The third kappa shape index (κ3) is 4.31. The first kappa shape index (κ1) is 23.2. The second-order valence-corrected chi connectivity index (χ2v) is 8.92. The van der Waals surface area contributed by atoms with Crippen LogP contribution >= 0.6 is 0 Å². The van der Waals surface area contributed by atoms with Crippen molar-refractivity contribution >= 4 is 11.9 Å². The molecule has 0 spiro atoms. The van der Waals surface area contributed by atoms with Crippen molar-refractivity contribution in [2.45, 2.75) is 32.7 Å². The first-order valence-corrected chi connectivity index (χ1v) is 11.3. The molecule has 174 valence electrons. The fourth-order valence-corrected chi connectivity index (χ4v) is 4.67. The summed E-state index contributed by atoms with van der Waals surface area (Å²) in [6.07, 6.45) is 3.34. The zero-order valence-corrected chi connectivity index (χ0v) is 19.6. The minimum absolute atomic E-state index is 0.160. The third-order valence-corrected chi connectivity index (χ3v) is 6.37. The van der Waals surface area contributed by atoms with Gasteiger partial charge in [0.05, 0.1) is 6.04 Å². The predicted molar refractivity (Wildman–Crippen MR) is 131 cm³/mol. The number of allylic oxidation sites excluding steroid dienone is 1. The maximum absolute atomic E-state index is 13.5. The number of hydrogen-bond donors (Lipinski definition) is 1. The number of rotatable bonds is 6. The summed E-state index contributed by atoms with van der Waals surface area (Å²) >= 11 is 0. The maximum atomic E-state index is 13.5. The van der Waals surface area contributed by atoms with Crippen LogP contribution in [0.2, 0.25) is 0 Å². The Kier molecular flexibility index (Phi) is 6.50. The molecule has 1 amide bonds. The number of aromatic carboxylic acids is 1. The molecule has 3 aromatic rings. The highest BCUT2D eigenvalue weighted by Gasteiger charge is 2.38. The van der Waals surface area contributed by atoms with Gasteiger partial charge in [0.25, 0.3) is 5.91 Å². The van der Waals surface area contributed by atoms with E-state index in [9.17, 15) is 19.5 Å². The van der Waals surface area contributed by atoms with Crippen molar-refractivity contribution in [3.63, 3.8) is 0 Å². The summed E-state index contributed by atoms with van der Waals surface area (Å²) in [5.41, 5.74) is 2.67. The van der Waals surface area contributed by atoms with Crippen LogP contribution in [0, 0.1) is 6.92 Å². The van der Waals surface area contributed by atoms with Gasteiger partial charge >= 0.3 is 5.97 Å². The van der Waals surface area contributed by atoms with E-state index in [0.717, 1.165) is 16.7 Å². The minimum Gasteiger partial charge on any atom is -0.477 e. The molecule has 0 fully saturated rings. The molecule has 0 aliphatic carbocycles. The predicted octanol–water partition coefficient (Wildman–Crippen LogP) is 4.65. The highest BCUT2D eigenvalue weighted by molar-refractivity contribution is 5.96. The molecule has 2 aromatic carbocycles. The Bertz CT molecular complexity index is 1270. The smallest absolute Gasteiger partial charge is 0.341 e. The molecule has 1 unspecified atom stereocenters. The second-order valence-electron chi connectivity index (χ2n) is 8.92. The summed E-state index contributed by atoms with van der Waals surface area (Å²) in [4.78, 5) is 40.0. The van der Waals surface area contributed by atoms with Gasteiger partial charge in [0.15, 0.2) is 5.43 Å². The van der Waals surface area contributed by atoms with E-state index < -0.39 is 11.4 Å². The van der Waals surface area contributed by atoms with Crippen LogP contribution in [-0.2, 0) is 0 Å². The summed E-state index contributed by atoms with van der Waals surface area (Å²) in [7, 11) is 0. The highest BCUT2D eigenvalue weighted by Crippen LogP contribution is 2.39. The van der Waals surface area contributed by atoms with Gasteiger partial charge in [0.2, 0.25) is 0 Å². The largest absolute Gasteiger partial charge is 0.477 e. The van der Waals surface area contributed by atoms with Gasteiger partial charge in [0, 0.05) is 30.8 Å². The van der Waals surface area contributed by atoms with Crippen LogP contribution in [0.25, 0.3) is 0 Å². The normalized spacial score (nSPS) is 15.2. The van der Waals surface area contributed by atoms with E-state index in [-0.39, 0.29) is 34.7 Å². The Morgan fingerprint density at radius 1 is 1.03 bits per heavy atom. The minimum atomic E-state index is -1.29. The quantitative estimate of drug-likeness (QED) is 0.548. The topological polar surface area (TPSA) is 79.6 Å². The summed E-state index contributed by atoms with van der Waals surface area (Å²) in [6, 6.07) is 19.7. The van der Waals surface area contributed by atoms with Crippen LogP contribution < -0.4 is 5.43 Å². The van der Waals surface area contributed by atoms with E-state index in [0.29, 0.717) is 13.1 Å². The molecule has 1 aromatic heterocycles. The van der Waals surface area contributed by atoms with Crippen LogP contribution in [0.5, 0.6) is 0 Å². The van der Waals surface area contributed by atoms with Crippen molar-refractivity contribution in [2.24, 2.45) is 0 Å². The number of aromatic nitrogens is 1. The van der Waals surface area contributed by atoms with Gasteiger partial charge in [-0.05, 0) is 31.9 Å². The van der Waals surface area contributed by atoms with E-state index in [2.05, 4.69) is 0 Å². The summed E-state index contributed by atoms with van der Waals surface area (Å²) < 4.78 is 1.73. The van der Waals surface area contributed by atoms with Crippen molar-refractivity contribution in [3.8, 4) is 0 Å². The number of nitrogens with zero attached hydrogens (tertiary/aromatic N) is 2. The fourth-order valence-electron chi connectivity index (χ4n) is 4.67. The van der Waals surface area contributed by atoms with E-state index in [1.54, 1.807) is 16.4 Å². The number of pyridine rings is 1. The van der Waals surface area contributed by atoms with E-state index in [4.69, 9.17) is 0 Å². The van der Waals surface area contributed by atoms with E-state index >= 15 is 0 Å². The Balaban J connectivity index is 1.99. The lowest BCUT2D eigenvalue weighted by atomic mass is 9.83. The number of benzene rings is 2. The van der Waals surface area contributed by atoms with Gasteiger partial charge in [-0.25, -0.2) is 4.79 Å². The number of fused-ring (bicyclic) bond motifs is 1. The Morgan fingerprint density at radius 2 is 1.59 bits per heavy atom. The monoisotopic (exact) mass is 456 g/mol. The lowest BCUT2D eigenvalue weighted by Crippen LogP contribution is -2.47. The standard InChI is InChI=1S/C28H28N2O4/c1-18(2)14-15-29-17-23(24(20-10-6-4-7-11-20)21-12-8-5-9-13-21)30-16-22(28(33)34)26(31)19(3)25(30)27(29)32/h4-14,16,23-24H,15,17H2,1-3H3,(H,33,34). The lowest BCUT2D eigenvalue weighted by Gasteiger charge is -2.40. The Labute approximate surface area is 198 Å². The lowest BCUT2D eigenvalue weighted by molar-refractivity contribution is 0.0659. The molecule has 0 saturated heterocycles. The molecule has 1 atom stereocenters. The molecule has 34 heavy (non-hydrogen) atoms. The molecule has 1 N–H and O–H groups in total. The van der Waals surface area contributed by atoms with Crippen LogP contribution in [0.3, 0.4) is 0 Å². The van der Waals surface area contributed by atoms with Gasteiger partial charge in [-0.15, -0.1) is 0 Å². The van der Waals surface area contributed by atoms with Gasteiger partial charge in [0.1, 0.15) is 11.3 Å². The molecule has 6 heteroatoms. The third-order valence-electron chi connectivity index (χ3n) is 6.37. The van der Waals surface area contributed by atoms with Gasteiger partial charge < -0.3 is 14.6 Å². The summed E-state index contributed by atoms with van der Waals surface area (Å²) in [5, 5.41) is 9.70. The Hall–Kier alpha value is -3.93. The molecule has 1 aliphatic rings. The van der Waals surface area contributed by atoms with Crippen molar-refractivity contribution < 1.29 is 14.7 Å². The number of carbonyl (C=O) groups is 2. The molecular weight excluding hydrogens is 428 g/mol. The molecule has 0 saturated carbocycles. The first-order valence-electron chi connectivity index (χ1n) is 11.3. The molecular formula is C28H28N2O4. The first-order chi connectivity index (χ1) is 16.3. The summed E-state index contributed by atoms with van der Waals surface area (Å²) in [6.45, 7) is 6.30. The molecule has 0 radical (unpaired) electrons. The molecule has 4 rings (SSSR count). The number of hydrogen-bond acceptors (Lipinski definition) is 3. The average molecular weight is 457 g/mol. The van der Waals surface area contributed by atoms with Crippen LogP contribution in [0.4, 0.5) is 0 Å². The molecule has 2 heterocycles. The van der Waals surface area contributed by atoms with Gasteiger partial charge in [-0.1, -0.05) is 72.3 Å². The number of carboxylic acids is 1. The Morgan fingerprint density at radius 3 is 2.09 bits per heavy atom. The van der Waals surface area contributed by atoms with Crippen molar-refractivity contribution in [3.05, 3.63) is 117 Å². The van der Waals surface area contributed by atoms with Crippen molar-refractivity contribution in [1.29, 1.82) is 0 Å². The second kappa shape index (κ2) is 9.51. The number of amides is 1. The fraction of sp³-hybridized carbons (Fsp3) is 0.250. The zero-order valence-electron chi connectivity index (χ0n) is 19.6. The van der Waals surface area contributed by atoms with Gasteiger partial charge in [-0.3, -0.25) is 9.59 Å².